The van der Waals surface area contributed by atoms with E-state index in [9.17, 15) is 0 Å². The van der Waals surface area contributed by atoms with Gasteiger partial charge in [-0.3, -0.25) is 0 Å². The van der Waals surface area contributed by atoms with Crippen LogP contribution in [0.5, 0.6) is 0 Å². The number of hydrogen-bond acceptors (Lipinski definition) is 0. The Bertz CT molecular complexity index is 320. The molecule has 12 N–H and O–H groups in total. The van der Waals surface area contributed by atoms with Crippen LogP contribution in [0.25, 0.3) is 48.0 Å². The Kier molecular flexibility index (Phi) is 36.6. The van der Waals surface area contributed by atoms with Gasteiger partial charge in [0.1, 0.15) is 0 Å². The molecule has 0 aliphatic heterocycles. The third-order valence-corrected chi connectivity index (χ3v) is 1.88. The van der Waals surface area contributed by atoms with Crippen molar-refractivity contribution in [3.63, 3.8) is 0 Å². The first-order valence-electron chi connectivity index (χ1n) is 4.07. The molecule has 0 amide bonds. The topological polar surface area (TPSA) is 201 Å². The van der Waals surface area contributed by atoms with E-state index in [1.165, 1.54) is 11.1 Å². The molecule has 0 spiro atoms. The van der Waals surface area contributed by atoms with E-state index in [4.69, 9.17) is 0 Å². The quantitative estimate of drug-likeness (QED) is 0.465. The summed E-state index contributed by atoms with van der Waals surface area (Å²) >= 11 is 0. The molecule has 0 bridgehead atoms. The molecule has 0 fully saturated rings. The average molecular weight is 298 g/mol. The molecule has 0 heterocycles. The molecule has 0 radical (unpaired) electrons. The van der Waals surface area contributed by atoms with Crippen molar-refractivity contribution in [2.75, 3.05) is 0 Å². The third kappa shape index (κ3) is 10.5. The van der Waals surface area contributed by atoms with Crippen molar-refractivity contribution in [2.24, 2.45) is 0 Å². The van der Waals surface area contributed by atoms with Crippen LogP contribution in [-0.2, 0) is 21.7 Å². The fourth-order valence-corrected chi connectivity index (χ4v) is 1.26. The van der Waals surface area contributed by atoms with E-state index in [0.717, 1.165) is 0 Å². The maximum atomic E-state index is 2.12. The molecule has 7 heteroatoms. The first kappa shape index (κ1) is 36.1. The molecule has 2 aromatic carbocycles. The standard InChI is InChI=1S/C12H10.6H2N.Ti/c1-3-7-11(8-4-1)12-9-5-2-6-10-12;;;;;;;/h1-10H;6*1H2;/q;6*-1;. The second kappa shape index (κ2) is 19.3. The summed E-state index contributed by atoms with van der Waals surface area (Å²) in [4.78, 5) is 0. The summed E-state index contributed by atoms with van der Waals surface area (Å²) in [5.41, 5.74) is 2.55. The van der Waals surface area contributed by atoms with Gasteiger partial charge in [-0.15, -0.1) is 0 Å². The predicted octanol–water partition coefficient (Wildman–Crippen LogP) is 7.65. The number of hydrogen-bond donors (Lipinski definition) is 0. The van der Waals surface area contributed by atoms with E-state index in [-0.39, 0.29) is 58.6 Å². The van der Waals surface area contributed by atoms with Gasteiger partial charge in [-0.25, -0.2) is 0 Å². The molecule has 2 rings (SSSR count). The minimum Gasteiger partial charge on any atom is -0.693 e. The van der Waals surface area contributed by atoms with Crippen LogP contribution in [0, 0.1) is 0 Å². The maximum absolute atomic E-state index is 2.12. The van der Waals surface area contributed by atoms with Gasteiger partial charge < -0.3 is 36.9 Å². The Hall–Kier alpha value is -1.09. The molecule has 110 valence electrons. The molecule has 0 unspecified atom stereocenters. The Balaban J connectivity index is -0.0000000604. The summed E-state index contributed by atoms with van der Waals surface area (Å²) in [5.74, 6) is 0. The van der Waals surface area contributed by atoms with E-state index < -0.39 is 0 Å². The molecule has 2 aromatic rings. The van der Waals surface area contributed by atoms with Gasteiger partial charge in [0.05, 0.1) is 0 Å². The minimum absolute atomic E-state index is 0. The van der Waals surface area contributed by atoms with Crippen molar-refractivity contribution in [3.05, 3.63) is 97.6 Å². The second-order valence-corrected chi connectivity index (χ2v) is 2.73. The second-order valence-electron chi connectivity index (χ2n) is 2.73. The summed E-state index contributed by atoms with van der Waals surface area (Å²) in [7, 11) is 0. The molecule has 0 aliphatic rings. The van der Waals surface area contributed by atoms with Crippen molar-refractivity contribution in [3.8, 4) is 11.1 Å². The van der Waals surface area contributed by atoms with Crippen LogP contribution in [0.1, 0.15) is 0 Å². The summed E-state index contributed by atoms with van der Waals surface area (Å²) in [5, 5.41) is 0. The molecule has 19 heavy (non-hydrogen) atoms. The normalized spacial score (nSPS) is 6.11. The predicted molar refractivity (Wildman–Crippen MR) is 83.6 cm³/mol. The van der Waals surface area contributed by atoms with E-state index in [1.807, 2.05) is 12.1 Å². The van der Waals surface area contributed by atoms with Gasteiger partial charge in [-0.2, -0.15) is 0 Å². The van der Waals surface area contributed by atoms with Crippen LogP contribution in [-0.4, -0.2) is 0 Å². The zero-order valence-corrected chi connectivity index (χ0v) is 12.3. The van der Waals surface area contributed by atoms with Crippen LogP contribution in [0.4, 0.5) is 0 Å². The van der Waals surface area contributed by atoms with Crippen LogP contribution in [0.3, 0.4) is 0 Å². The first-order chi connectivity index (χ1) is 5.97. The number of benzene rings is 2. The fraction of sp³-hybridized carbons (Fsp3) is 0. The van der Waals surface area contributed by atoms with Crippen LogP contribution < -0.4 is 0 Å². The largest absolute Gasteiger partial charge is 0.693 e. The first-order valence-corrected chi connectivity index (χ1v) is 4.07. The summed E-state index contributed by atoms with van der Waals surface area (Å²) < 4.78 is 0. The fourth-order valence-electron chi connectivity index (χ4n) is 1.26. The zero-order valence-electron chi connectivity index (χ0n) is 10.7. The molecular weight excluding hydrogens is 276 g/mol. The molecule has 0 saturated heterocycles. The molecule has 6 nitrogen and oxygen atoms in total. The van der Waals surface area contributed by atoms with Gasteiger partial charge in [0.2, 0.25) is 0 Å². The Labute approximate surface area is 130 Å². The smallest absolute Gasteiger partial charge is 0 e. The summed E-state index contributed by atoms with van der Waals surface area (Å²) in [6.45, 7) is 0. The molecule has 0 saturated carbocycles. The van der Waals surface area contributed by atoms with Gasteiger partial charge in [-0.05, 0) is 11.1 Å². The molecule has 0 aromatic heterocycles. The monoisotopic (exact) mass is 298 g/mol. The summed E-state index contributed by atoms with van der Waals surface area (Å²) in [6.07, 6.45) is 0. The van der Waals surface area contributed by atoms with E-state index in [1.54, 1.807) is 0 Å². The van der Waals surface area contributed by atoms with Gasteiger partial charge in [-0.1, -0.05) is 60.7 Å². The Morgan fingerprint density at radius 2 is 0.579 bits per heavy atom. The third-order valence-electron chi connectivity index (χ3n) is 1.88. The van der Waals surface area contributed by atoms with E-state index in [0.29, 0.717) is 0 Å². The maximum Gasteiger partial charge on any atom is 0 e. The minimum atomic E-state index is 0. The average Bonchev–Trinajstić information content (AvgIpc) is 2.21. The zero-order chi connectivity index (χ0) is 8.23. The van der Waals surface area contributed by atoms with Crippen molar-refractivity contribution in [1.29, 1.82) is 0 Å². The van der Waals surface area contributed by atoms with E-state index in [2.05, 4.69) is 48.5 Å². The molecule has 0 aliphatic carbocycles. The van der Waals surface area contributed by atoms with Gasteiger partial charge in [0.25, 0.3) is 0 Å². The number of rotatable bonds is 1. The van der Waals surface area contributed by atoms with Crippen LogP contribution in [0.15, 0.2) is 60.7 Å². The molecular formula is C12H22N6Ti-6. The van der Waals surface area contributed by atoms with Crippen molar-refractivity contribution in [2.45, 2.75) is 0 Å². The van der Waals surface area contributed by atoms with Gasteiger partial charge >= 0.3 is 0 Å². The van der Waals surface area contributed by atoms with Crippen molar-refractivity contribution < 1.29 is 21.7 Å². The summed E-state index contributed by atoms with van der Waals surface area (Å²) in [6, 6.07) is 20.8. The Morgan fingerprint density at radius 3 is 0.789 bits per heavy atom. The van der Waals surface area contributed by atoms with Crippen LogP contribution in [0.2, 0.25) is 0 Å². The van der Waals surface area contributed by atoms with E-state index >= 15 is 0 Å². The van der Waals surface area contributed by atoms with Gasteiger partial charge in [0.15, 0.2) is 0 Å². The van der Waals surface area contributed by atoms with Crippen molar-refractivity contribution in [1.82, 2.24) is 0 Å². The number of nitrogens with two attached hydrogens (primary N) is 6. The van der Waals surface area contributed by atoms with Crippen LogP contribution >= 0.6 is 0 Å². The van der Waals surface area contributed by atoms with Gasteiger partial charge in [0, 0.05) is 21.7 Å². The SMILES string of the molecule is [NH2-].[NH2-].[NH2-].[NH2-].[NH2-].[NH2-].[Ti].c1ccc(-c2ccccc2)cc1. The molecule has 0 atom stereocenters. The van der Waals surface area contributed by atoms with Crippen molar-refractivity contribution >= 4 is 0 Å². The Morgan fingerprint density at radius 1 is 0.368 bits per heavy atom.